The van der Waals surface area contributed by atoms with Crippen molar-refractivity contribution >= 4 is 0 Å². The van der Waals surface area contributed by atoms with Gasteiger partial charge in [0.1, 0.15) is 5.69 Å². The van der Waals surface area contributed by atoms with Crippen LogP contribution in [0.25, 0.3) is 0 Å². The molecule has 0 aliphatic carbocycles. The number of nitrogens with zero attached hydrogens (tertiary/aromatic N) is 3. The second kappa shape index (κ2) is 6.52. The van der Waals surface area contributed by atoms with Crippen LogP contribution < -0.4 is 10.1 Å². The van der Waals surface area contributed by atoms with E-state index in [9.17, 15) is 0 Å². The lowest BCUT2D eigenvalue weighted by Gasteiger charge is -2.20. The number of rotatable bonds is 6. The van der Waals surface area contributed by atoms with E-state index in [0.29, 0.717) is 0 Å². The molecule has 0 bridgehead atoms. The summed E-state index contributed by atoms with van der Waals surface area (Å²) in [6, 6.07) is 2.18. The first kappa shape index (κ1) is 14.5. The Morgan fingerprint density at radius 2 is 2.15 bits per heavy atom. The number of pyridine rings is 1. The Labute approximate surface area is 120 Å². The van der Waals surface area contributed by atoms with E-state index in [4.69, 9.17) is 4.74 Å². The molecule has 108 valence electrons. The molecule has 2 aromatic heterocycles. The topological polar surface area (TPSA) is 52.0 Å². The predicted octanol–water partition coefficient (Wildman–Crippen LogP) is 2.22. The van der Waals surface area contributed by atoms with E-state index in [0.717, 1.165) is 35.5 Å². The number of aryl methyl sites for hydroxylation is 2. The van der Waals surface area contributed by atoms with Crippen molar-refractivity contribution in [1.29, 1.82) is 0 Å². The maximum Gasteiger partial charge on any atom is 0.161 e. The van der Waals surface area contributed by atoms with Crippen molar-refractivity contribution < 1.29 is 4.74 Å². The lowest BCUT2D eigenvalue weighted by molar-refractivity contribution is 0.400. The largest absolute Gasteiger partial charge is 0.493 e. The first-order valence-electron chi connectivity index (χ1n) is 6.88. The summed E-state index contributed by atoms with van der Waals surface area (Å²) >= 11 is 0. The fourth-order valence-electron chi connectivity index (χ4n) is 2.31. The Morgan fingerprint density at radius 3 is 2.80 bits per heavy atom. The molecule has 20 heavy (non-hydrogen) atoms. The summed E-state index contributed by atoms with van der Waals surface area (Å²) in [6.07, 6.45) is 6.57. The molecule has 0 radical (unpaired) electrons. The van der Waals surface area contributed by atoms with Gasteiger partial charge in [0.2, 0.25) is 0 Å². The molecule has 0 aromatic carbocycles. The zero-order valence-corrected chi connectivity index (χ0v) is 12.6. The minimum atomic E-state index is 0.0322. The van der Waals surface area contributed by atoms with E-state index in [1.54, 1.807) is 13.3 Å². The standard InChI is InChI=1S/C15H22N4O/c1-5-6-17-14(12-7-11(2)8-16-9-12)15-13(20-4)10-18-19(15)3/h7-10,14,17H,5-6H2,1-4H3. The van der Waals surface area contributed by atoms with Crippen molar-refractivity contribution in [3.8, 4) is 5.75 Å². The van der Waals surface area contributed by atoms with Gasteiger partial charge in [0.25, 0.3) is 0 Å². The molecule has 2 aromatic rings. The summed E-state index contributed by atoms with van der Waals surface area (Å²) in [6.45, 7) is 5.12. The maximum absolute atomic E-state index is 5.44. The van der Waals surface area contributed by atoms with Gasteiger partial charge >= 0.3 is 0 Å². The maximum atomic E-state index is 5.44. The summed E-state index contributed by atoms with van der Waals surface area (Å²) in [5.41, 5.74) is 3.29. The van der Waals surface area contributed by atoms with Crippen molar-refractivity contribution in [1.82, 2.24) is 20.1 Å². The molecule has 5 heteroatoms. The SMILES string of the molecule is CCCNC(c1cncc(C)c1)c1c(OC)cnn1C. The van der Waals surface area contributed by atoms with Gasteiger partial charge in [-0.1, -0.05) is 13.0 Å². The first-order chi connectivity index (χ1) is 9.67. The zero-order chi connectivity index (χ0) is 14.5. The van der Waals surface area contributed by atoms with Crippen LogP contribution >= 0.6 is 0 Å². The van der Waals surface area contributed by atoms with E-state index in [1.165, 1.54) is 0 Å². The molecule has 0 aliphatic rings. The molecule has 0 fully saturated rings. The summed E-state index contributed by atoms with van der Waals surface area (Å²) in [5, 5.41) is 7.85. The van der Waals surface area contributed by atoms with E-state index in [2.05, 4.69) is 28.4 Å². The molecule has 2 rings (SSSR count). The van der Waals surface area contributed by atoms with Crippen molar-refractivity contribution in [3.63, 3.8) is 0 Å². The molecule has 1 N–H and O–H groups in total. The molecule has 1 atom stereocenters. The predicted molar refractivity (Wildman–Crippen MR) is 78.9 cm³/mol. The highest BCUT2D eigenvalue weighted by Gasteiger charge is 2.22. The Bertz CT molecular complexity index is 565. The van der Waals surface area contributed by atoms with Crippen LogP contribution in [0.5, 0.6) is 5.75 Å². The molecular weight excluding hydrogens is 252 g/mol. The minimum absolute atomic E-state index is 0.0322. The lowest BCUT2D eigenvalue weighted by atomic mass is 10.0. The third-order valence-electron chi connectivity index (χ3n) is 3.27. The summed E-state index contributed by atoms with van der Waals surface area (Å²) in [7, 11) is 3.60. The van der Waals surface area contributed by atoms with Crippen LogP contribution in [0.4, 0.5) is 0 Å². The Morgan fingerprint density at radius 1 is 1.35 bits per heavy atom. The Kier molecular flexibility index (Phi) is 4.74. The van der Waals surface area contributed by atoms with E-state index < -0.39 is 0 Å². The highest BCUT2D eigenvalue weighted by Crippen LogP contribution is 2.29. The van der Waals surface area contributed by atoms with Gasteiger partial charge in [-0.25, -0.2) is 0 Å². The third-order valence-corrected chi connectivity index (χ3v) is 3.27. The summed E-state index contributed by atoms with van der Waals surface area (Å²) in [4.78, 5) is 4.30. The third kappa shape index (κ3) is 2.99. The van der Waals surface area contributed by atoms with Gasteiger partial charge in [-0.05, 0) is 31.0 Å². The smallest absolute Gasteiger partial charge is 0.161 e. The van der Waals surface area contributed by atoms with Gasteiger partial charge in [0.05, 0.1) is 19.3 Å². The van der Waals surface area contributed by atoms with Gasteiger partial charge in [-0.3, -0.25) is 9.67 Å². The van der Waals surface area contributed by atoms with E-state index >= 15 is 0 Å². The van der Waals surface area contributed by atoms with Crippen molar-refractivity contribution in [2.75, 3.05) is 13.7 Å². The van der Waals surface area contributed by atoms with Crippen molar-refractivity contribution in [2.45, 2.75) is 26.3 Å². The van der Waals surface area contributed by atoms with Crippen molar-refractivity contribution in [2.24, 2.45) is 7.05 Å². The molecule has 0 spiro atoms. The number of ether oxygens (including phenoxy) is 1. The first-order valence-corrected chi connectivity index (χ1v) is 6.88. The second-order valence-corrected chi connectivity index (χ2v) is 4.90. The van der Waals surface area contributed by atoms with Crippen LogP contribution in [-0.2, 0) is 7.05 Å². The zero-order valence-electron chi connectivity index (χ0n) is 12.6. The van der Waals surface area contributed by atoms with Crippen LogP contribution in [0.2, 0.25) is 0 Å². The molecule has 2 heterocycles. The summed E-state index contributed by atoms with van der Waals surface area (Å²) in [5.74, 6) is 0.794. The van der Waals surface area contributed by atoms with Gasteiger partial charge in [0.15, 0.2) is 5.75 Å². The number of methoxy groups -OCH3 is 1. The molecule has 0 aliphatic heterocycles. The van der Waals surface area contributed by atoms with E-state index in [1.807, 2.05) is 31.0 Å². The minimum Gasteiger partial charge on any atom is -0.493 e. The van der Waals surface area contributed by atoms with Crippen LogP contribution in [0.15, 0.2) is 24.7 Å². The highest BCUT2D eigenvalue weighted by molar-refractivity contribution is 5.36. The highest BCUT2D eigenvalue weighted by atomic mass is 16.5. The van der Waals surface area contributed by atoms with Gasteiger partial charge < -0.3 is 10.1 Å². The molecule has 0 saturated heterocycles. The molecule has 1 unspecified atom stereocenters. The summed E-state index contributed by atoms with van der Waals surface area (Å²) < 4.78 is 7.29. The second-order valence-electron chi connectivity index (χ2n) is 4.90. The van der Waals surface area contributed by atoms with Crippen LogP contribution in [-0.4, -0.2) is 28.4 Å². The quantitative estimate of drug-likeness (QED) is 0.877. The lowest BCUT2D eigenvalue weighted by Crippen LogP contribution is -2.26. The van der Waals surface area contributed by atoms with Crippen LogP contribution in [0.1, 0.15) is 36.2 Å². The van der Waals surface area contributed by atoms with Gasteiger partial charge in [0, 0.05) is 19.4 Å². The van der Waals surface area contributed by atoms with Gasteiger partial charge in [-0.2, -0.15) is 5.10 Å². The fraction of sp³-hybridized carbons (Fsp3) is 0.467. The molecule has 0 saturated carbocycles. The number of nitrogens with one attached hydrogen (secondary N) is 1. The Balaban J connectivity index is 2.44. The van der Waals surface area contributed by atoms with Gasteiger partial charge in [-0.15, -0.1) is 0 Å². The Hall–Kier alpha value is -1.88. The van der Waals surface area contributed by atoms with Crippen LogP contribution in [0.3, 0.4) is 0 Å². The number of hydrogen-bond acceptors (Lipinski definition) is 4. The van der Waals surface area contributed by atoms with Crippen molar-refractivity contribution in [3.05, 3.63) is 41.5 Å². The molecule has 0 amide bonds. The normalized spacial score (nSPS) is 12.4. The van der Waals surface area contributed by atoms with E-state index in [-0.39, 0.29) is 6.04 Å². The van der Waals surface area contributed by atoms with Crippen LogP contribution in [0, 0.1) is 6.92 Å². The monoisotopic (exact) mass is 274 g/mol. The average molecular weight is 274 g/mol. The number of aromatic nitrogens is 3. The fourth-order valence-corrected chi connectivity index (χ4v) is 2.31. The molecular formula is C15H22N4O. The number of hydrogen-bond donors (Lipinski definition) is 1. The molecule has 5 nitrogen and oxygen atoms in total. The average Bonchev–Trinajstić information content (AvgIpc) is 2.81.